The first-order chi connectivity index (χ1) is 16.1. The summed E-state index contributed by atoms with van der Waals surface area (Å²) in [7, 11) is -3.61. The van der Waals surface area contributed by atoms with Crippen LogP contribution in [0.15, 0.2) is 30.6 Å². The van der Waals surface area contributed by atoms with Crippen LogP contribution in [0.1, 0.15) is 33.3 Å². The lowest BCUT2D eigenvalue weighted by Gasteiger charge is -2.16. The third-order valence-electron chi connectivity index (χ3n) is 5.14. The van der Waals surface area contributed by atoms with Gasteiger partial charge in [0.1, 0.15) is 18.1 Å². The number of ether oxygens (including phenoxy) is 1. The average molecular weight is 490 g/mol. The number of fused-ring (bicyclic) bond motifs is 1. The summed E-state index contributed by atoms with van der Waals surface area (Å²) < 4.78 is 47.1. The minimum Gasteiger partial charge on any atom is -0.475 e. The Balaban J connectivity index is 2.06. The van der Waals surface area contributed by atoms with Crippen molar-refractivity contribution in [2.24, 2.45) is 0 Å². The number of rotatable bonds is 11. The summed E-state index contributed by atoms with van der Waals surface area (Å²) in [5, 5.41) is 7.35. The van der Waals surface area contributed by atoms with Crippen molar-refractivity contribution in [2.45, 2.75) is 40.2 Å². The van der Waals surface area contributed by atoms with E-state index in [1.165, 1.54) is 18.3 Å². The van der Waals surface area contributed by atoms with Crippen molar-refractivity contribution in [3.05, 3.63) is 42.0 Å². The molecule has 2 heterocycles. The average Bonchev–Trinajstić information content (AvgIpc) is 2.76. The van der Waals surface area contributed by atoms with Crippen molar-refractivity contribution in [3.63, 3.8) is 0 Å². The Labute approximate surface area is 200 Å². The molecule has 8 nitrogen and oxygen atoms in total. The van der Waals surface area contributed by atoms with Crippen LogP contribution < -0.4 is 20.1 Å². The Bertz CT molecular complexity index is 1270. The number of anilines is 2. The van der Waals surface area contributed by atoms with Crippen molar-refractivity contribution >= 4 is 32.3 Å². The Kier molecular flexibility index (Phi) is 8.27. The molecule has 184 valence electrons. The lowest BCUT2D eigenvalue weighted by atomic mass is 9.99. The summed E-state index contributed by atoms with van der Waals surface area (Å²) in [6, 6.07) is 4.96. The van der Waals surface area contributed by atoms with Crippen LogP contribution in [0.3, 0.4) is 0 Å². The van der Waals surface area contributed by atoms with Gasteiger partial charge >= 0.3 is 0 Å². The molecule has 10 heteroatoms. The first kappa shape index (κ1) is 25.6. The summed E-state index contributed by atoms with van der Waals surface area (Å²) in [5.41, 5.74) is 3.38. The zero-order valence-corrected chi connectivity index (χ0v) is 21.0. The number of benzene rings is 1. The van der Waals surface area contributed by atoms with E-state index in [2.05, 4.69) is 25.3 Å². The summed E-state index contributed by atoms with van der Waals surface area (Å²) in [6.07, 6.45) is 4.99. The monoisotopic (exact) mass is 489 g/mol. The molecule has 3 rings (SSSR count). The standard InChI is InChI=1S/C24H32FN5O3S/c1-6-17-19-11-18(20(25)12-21(19)28-14-23(17)26-7-2)16-10-22(30-34(5,31)32)24(29-13-16)33-9-8-27-15(3)4/h10-15,26-27,30H,6-9H2,1-5H3. The van der Waals surface area contributed by atoms with Crippen LogP contribution >= 0.6 is 0 Å². The number of aryl methyl sites for hydroxylation is 1. The lowest BCUT2D eigenvalue weighted by molar-refractivity contribution is 0.299. The molecule has 0 saturated heterocycles. The Morgan fingerprint density at radius 1 is 1.09 bits per heavy atom. The lowest BCUT2D eigenvalue weighted by Crippen LogP contribution is -2.27. The van der Waals surface area contributed by atoms with E-state index >= 15 is 4.39 Å². The van der Waals surface area contributed by atoms with Crippen molar-refractivity contribution in [1.82, 2.24) is 15.3 Å². The molecule has 0 radical (unpaired) electrons. The highest BCUT2D eigenvalue weighted by molar-refractivity contribution is 7.92. The van der Waals surface area contributed by atoms with Crippen molar-refractivity contribution < 1.29 is 17.5 Å². The van der Waals surface area contributed by atoms with E-state index in [9.17, 15) is 8.42 Å². The zero-order chi connectivity index (χ0) is 24.9. The molecule has 0 aliphatic heterocycles. The van der Waals surface area contributed by atoms with Crippen LogP contribution in [0.2, 0.25) is 0 Å². The molecule has 0 aliphatic rings. The van der Waals surface area contributed by atoms with E-state index < -0.39 is 15.8 Å². The fourth-order valence-electron chi connectivity index (χ4n) is 3.70. The first-order valence-corrected chi connectivity index (χ1v) is 13.2. The van der Waals surface area contributed by atoms with Gasteiger partial charge in [-0.05, 0) is 31.0 Å². The number of pyridine rings is 2. The van der Waals surface area contributed by atoms with E-state index in [0.717, 1.165) is 35.9 Å². The zero-order valence-electron chi connectivity index (χ0n) is 20.2. The van der Waals surface area contributed by atoms with Crippen LogP contribution in [0.4, 0.5) is 15.8 Å². The van der Waals surface area contributed by atoms with Gasteiger partial charge in [-0.25, -0.2) is 17.8 Å². The number of nitrogens with zero attached hydrogens (tertiary/aromatic N) is 2. The molecule has 0 spiro atoms. The van der Waals surface area contributed by atoms with Gasteiger partial charge in [-0.15, -0.1) is 0 Å². The second-order valence-electron chi connectivity index (χ2n) is 8.29. The normalized spacial score (nSPS) is 11.7. The van der Waals surface area contributed by atoms with Gasteiger partial charge in [0.2, 0.25) is 15.9 Å². The molecule has 0 aliphatic carbocycles. The Morgan fingerprint density at radius 3 is 2.50 bits per heavy atom. The molecular weight excluding hydrogens is 457 g/mol. The van der Waals surface area contributed by atoms with Crippen LogP contribution in [0, 0.1) is 5.82 Å². The van der Waals surface area contributed by atoms with Crippen molar-refractivity contribution in [3.8, 4) is 17.0 Å². The van der Waals surface area contributed by atoms with Gasteiger partial charge in [0, 0.05) is 47.9 Å². The molecule has 0 unspecified atom stereocenters. The molecule has 34 heavy (non-hydrogen) atoms. The molecule has 0 bridgehead atoms. The molecule has 0 amide bonds. The molecule has 1 aromatic carbocycles. The molecule has 3 aromatic rings. The van der Waals surface area contributed by atoms with Gasteiger partial charge in [0.15, 0.2) is 0 Å². The van der Waals surface area contributed by atoms with Gasteiger partial charge in [-0.3, -0.25) is 9.71 Å². The van der Waals surface area contributed by atoms with Crippen molar-refractivity contribution in [2.75, 3.05) is 36.0 Å². The van der Waals surface area contributed by atoms with Crippen molar-refractivity contribution in [1.29, 1.82) is 0 Å². The smallest absolute Gasteiger partial charge is 0.238 e. The number of nitrogens with one attached hydrogen (secondary N) is 3. The van der Waals surface area contributed by atoms with Gasteiger partial charge < -0.3 is 15.4 Å². The highest BCUT2D eigenvalue weighted by Gasteiger charge is 2.17. The Morgan fingerprint density at radius 2 is 1.85 bits per heavy atom. The van der Waals surface area contributed by atoms with Crippen LogP contribution in [-0.2, 0) is 16.4 Å². The third-order valence-corrected chi connectivity index (χ3v) is 5.73. The Hall–Kier alpha value is -2.98. The number of halogens is 1. The molecule has 0 fully saturated rings. The number of aromatic nitrogens is 2. The quantitative estimate of drug-likeness (QED) is 0.347. The maximum Gasteiger partial charge on any atom is 0.238 e. The SMILES string of the molecule is CCNc1cnc2cc(F)c(-c3cnc(OCCNC(C)C)c(NS(C)(=O)=O)c3)cc2c1CC. The molecule has 0 atom stereocenters. The second kappa shape index (κ2) is 11.0. The number of hydrogen-bond acceptors (Lipinski definition) is 7. The largest absolute Gasteiger partial charge is 0.475 e. The minimum absolute atomic E-state index is 0.131. The van der Waals surface area contributed by atoms with E-state index in [1.54, 1.807) is 12.3 Å². The summed E-state index contributed by atoms with van der Waals surface area (Å²) in [5.74, 6) is -0.341. The number of hydrogen-bond donors (Lipinski definition) is 3. The van der Waals surface area contributed by atoms with Crippen LogP contribution in [0.5, 0.6) is 5.88 Å². The van der Waals surface area contributed by atoms with Gasteiger partial charge in [-0.2, -0.15) is 0 Å². The van der Waals surface area contributed by atoms with E-state index in [-0.39, 0.29) is 11.6 Å². The van der Waals surface area contributed by atoms with E-state index in [1.807, 2.05) is 27.7 Å². The van der Waals surface area contributed by atoms with Gasteiger partial charge in [-0.1, -0.05) is 20.8 Å². The number of sulfonamides is 1. The summed E-state index contributed by atoms with van der Waals surface area (Å²) >= 11 is 0. The third kappa shape index (κ3) is 6.32. The highest BCUT2D eigenvalue weighted by atomic mass is 32.2. The molecule has 3 N–H and O–H groups in total. The summed E-state index contributed by atoms with van der Waals surface area (Å²) in [4.78, 5) is 8.70. The van der Waals surface area contributed by atoms with E-state index in [0.29, 0.717) is 35.8 Å². The maximum absolute atomic E-state index is 15.1. The predicted molar refractivity (Wildman–Crippen MR) is 136 cm³/mol. The van der Waals surface area contributed by atoms with E-state index in [4.69, 9.17) is 4.74 Å². The fraction of sp³-hybridized carbons (Fsp3) is 0.417. The maximum atomic E-state index is 15.1. The fourth-order valence-corrected chi connectivity index (χ4v) is 4.24. The topological polar surface area (TPSA) is 105 Å². The molecular formula is C24H32FN5O3S. The molecule has 2 aromatic heterocycles. The van der Waals surface area contributed by atoms with Gasteiger partial charge in [0.25, 0.3) is 0 Å². The molecule has 0 saturated carbocycles. The predicted octanol–water partition coefficient (Wildman–Crippen LogP) is 4.18. The minimum atomic E-state index is -3.61. The van der Waals surface area contributed by atoms with Crippen LogP contribution in [-0.4, -0.2) is 50.4 Å². The summed E-state index contributed by atoms with van der Waals surface area (Å²) in [6.45, 7) is 9.68. The van der Waals surface area contributed by atoms with Gasteiger partial charge in [0.05, 0.1) is 23.7 Å². The first-order valence-electron chi connectivity index (χ1n) is 11.3. The highest BCUT2D eigenvalue weighted by Crippen LogP contribution is 2.34. The van der Waals surface area contributed by atoms with Crippen LogP contribution in [0.25, 0.3) is 22.0 Å². The second-order valence-corrected chi connectivity index (χ2v) is 10.0.